The molecule has 1 saturated heterocycles. The second kappa shape index (κ2) is 12.7. The van der Waals surface area contributed by atoms with Crippen LogP contribution in [0.4, 0.5) is 5.69 Å². The van der Waals surface area contributed by atoms with E-state index in [1.54, 1.807) is 17.0 Å². The van der Waals surface area contributed by atoms with Gasteiger partial charge in [0.15, 0.2) is 0 Å². The second-order valence-corrected chi connectivity index (χ2v) is 9.95. The number of carbonyl (C=O) groups is 1. The van der Waals surface area contributed by atoms with Gasteiger partial charge >= 0.3 is 0 Å². The van der Waals surface area contributed by atoms with E-state index in [2.05, 4.69) is 21.9 Å². The number of benzene rings is 2. The highest BCUT2D eigenvalue weighted by Gasteiger charge is 2.27. The summed E-state index contributed by atoms with van der Waals surface area (Å²) in [5.41, 5.74) is 16.4. The van der Waals surface area contributed by atoms with Crippen molar-refractivity contribution in [1.82, 2.24) is 19.4 Å². The lowest BCUT2D eigenvalue weighted by molar-refractivity contribution is 0.0994. The fourth-order valence-electron chi connectivity index (χ4n) is 4.79. The van der Waals surface area contributed by atoms with Gasteiger partial charge in [-0.25, -0.2) is 9.97 Å². The van der Waals surface area contributed by atoms with Gasteiger partial charge in [0, 0.05) is 49.0 Å². The Morgan fingerprint density at radius 3 is 2.27 bits per heavy atom. The number of nitrogens with two attached hydrogens (primary N) is 2. The summed E-state index contributed by atoms with van der Waals surface area (Å²) >= 11 is 0. The molecule has 4 N–H and O–H groups in total. The van der Waals surface area contributed by atoms with Gasteiger partial charge in [-0.1, -0.05) is 13.8 Å². The summed E-state index contributed by atoms with van der Waals surface area (Å²) in [6.07, 6.45) is 6.26. The minimum atomic E-state index is -0.552. The molecule has 0 aliphatic carbocycles. The van der Waals surface area contributed by atoms with E-state index in [1.165, 1.54) is 0 Å². The lowest BCUT2D eigenvalue weighted by Crippen LogP contribution is -2.44. The number of primary amides is 1. The number of ether oxygens (including phenoxy) is 2. The first-order valence-corrected chi connectivity index (χ1v) is 13.5. The number of anilines is 1. The van der Waals surface area contributed by atoms with Gasteiger partial charge in [-0.15, -0.1) is 0 Å². The van der Waals surface area contributed by atoms with Crippen molar-refractivity contribution in [3.63, 3.8) is 0 Å². The third-order valence-corrected chi connectivity index (χ3v) is 6.62. The Hall–Kier alpha value is -4.37. The first-order valence-electron chi connectivity index (χ1n) is 13.5. The summed E-state index contributed by atoms with van der Waals surface area (Å²) in [5, 5.41) is 0. The summed E-state index contributed by atoms with van der Waals surface area (Å²) in [5.74, 6) is 2.70. The number of amides is 1. The zero-order valence-electron chi connectivity index (χ0n) is 23.8. The van der Waals surface area contributed by atoms with Crippen LogP contribution in [0.2, 0.25) is 0 Å². The van der Waals surface area contributed by atoms with Crippen molar-refractivity contribution in [2.45, 2.75) is 40.7 Å². The minimum absolute atomic E-state index is 0.306. The van der Waals surface area contributed by atoms with E-state index in [4.69, 9.17) is 20.9 Å². The predicted molar refractivity (Wildman–Crippen MR) is 157 cm³/mol. The maximum Gasteiger partial charge on any atom is 0.267 e. The van der Waals surface area contributed by atoms with Gasteiger partial charge in [0.1, 0.15) is 35.4 Å². The molecule has 0 unspecified atom stereocenters. The lowest BCUT2D eigenvalue weighted by Gasteiger charge is -2.36. The minimum Gasteiger partial charge on any atom is -0.489 e. The normalized spacial score (nSPS) is 13.2. The van der Waals surface area contributed by atoms with Crippen molar-refractivity contribution in [3.8, 4) is 22.9 Å². The van der Waals surface area contributed by atoms with Crippen LogP contribution < -0.4 is 20.9 Å². The summed E-state index contributed by atoms with van der Waals surface area (Å²) < 4.78 is 13.8. The van der Waals surface area contributed by atoms with Gasteiger partial charge in [-0.2, -0.15) is 0 Å². The molecule has 40 heavy (non-hydrogen) atoms. The van der Waals surface area contributed by atoms with Crippen LogP contribution in [-0.4, -0.2) is 45.5 Å². The van der Waals surface area contributed by atoms with E-state index in [1.807, 2.05) is 76.4 Å². The van der Waals surface area contributed by atoms with E-state index in [9.17, 15) is 4.79 Å². The summed E-state index contributed by atoms with van der Waals surface area (Å²) in [4.78, 5) is 22.9. The SMILES string of the molecule is CC.Cc1cc(OCc2cnc(C)nc2)cc(Oc2ccc(-n3cc(CC4CN(C)C4)c(N)c3C(N)=O)cc2)c1. The monoisotopic (exact) mass is 542 g/mol. The molecule has 3 heterocycles. The van der Waals surface area contributed by atoms with Crippen LogP contribution in [0.5, 0.6) is 17.2 Å². The molecular weight excluding hydrogens is 504 g/mol. The zero-order chi connectivity index (χ0) is 28.8. The maximum absolute atomic E-state index is 12.3. The first-order chi connectivity index (χ1) is 19.2. The maximum atomic E-state index is 12.3. The molecule has 1 fully saturated rings. The number of likely N-dealkylation sites (tertiary alicyclic amines) is 1. The quantitative estimate of drug-likeness (QED) is 0.303. The molecule has 0 radical (unpaired) electrons. The lowest BCUT2D eigenvalue weighted by atomic mass is 9.93. The molecule has 1 aliphatic heterocycles. The Bertz CT molecular complexity index is 1440. The van der Waals surface area contributed by atoms with E-state index < -0.39 is 5.91 Å². The van der Waals surface area contributed by atoms with E-state index >= 15 is 0 Å². The molecule has 0 bridgehead atoms. The van der Waals surface area contributed by atoms with Crippen LogP contribution in [0.15, 0.2) is 61.1 Å². The Balaban J connectivity index is 0.00000181. The number of hydrogen-bond donors (Lipinski definition) is 2. The number of nitrogens with zero attached hydrogens (tertiary/aromatic N) is 4. The third-order valence-electron chi connectivity index (χ3n) is 6.62. The van der Waals surface area contributed by atoms with Crippen molar-refractivity contribution >= 4 is 11.6 Å². The number of aromatic nitrogens is 3. The second-order valence-electron chi connectivity index (χ2n) is 9.95. The Morgan fingerprint density at radius 2 is 1.65 bits per heavy atom. The van der Waals surface area contributed by atoms with Crippen LogP contribution >= 0.6 is 0 Å². The predicted octanol–water partition coefficient (Wildman–Crippen LogP) is 5.07. The molecule has 0 saturated carbocycles. The van der Waals surface area contributed by atoms with Gasteiger partial charge in [0.25, 0.3) is 5.91 Å². The molecule has 210 valence electrons. The molecule has 9 heteroatoms. The van der Waals surface area contributed by atoms with Crippen molar-refractivity contribution in [3.05, 3.63) is 89.3 Å². The number of carbonyl (C=O) groups excluding carboxylic acids is 1. The molecule has 5 rings (SSSR count). The topological polar surface area (TPSA) is 122 Å². The fraction of sp³-hybridized carbons (Fsp3) is 0.323. The Labute approximate surface area is 235 Å². The highest BCUT2D eigenvalue weighted by atomic mass is 16.5. The van der Waals surface area contributed by atoms with E-state index in [-0.39, 0.29) is 0 Å². The van der Waals surface area contributed by atoms with Crippen LogP contribution in [-0.2, 0) is 13.0 Å². The molecule has 2 aromatic heterocycles. The van der Waals surface area contributed by atoms with Gasteiger partial charge < -0.3 is 30.4 Å². The van der Waals surface area contributed by atoms with Crippen molar-refractivity contribution in [2.75, 3.05) is 25.9 Å². The highest BCUT2D eigenvalue weighted by molar-refractivity contribution is 5.98. The van der Waals surface area contributed by atoms with Crippen molar-refractivity contribution < 1.29 is 14.3 Å². The molecular formula is C31H38N6O3. The number of hydrogen-bond acceptors (Lipinski definition) is 7. The summed E-state index contributed by atoms with van der Waals surface area (Å²) in [6, 6.07) is 13.2. The molecule has 9 nitrogen and oxygen atoms in total. The molecule has 4 aromatic rings. The average molecular weight is 543 g/mol. The fourth-order valence-corrected chi connectivity index (χ4v) is 4.79. The molecule has 0 atom stereocenters. The zero-order valence-corrected chi connectivity index (χ0v) is 23.8. The molecule has 1 amide bonds. The van der Waals surface area contributed by atoms with Crippen molar-refractivity contribution in [1.29, 1.82) is 0 Å². The summed E-state index contributed by atoms with van der Waals surface area (Å²) in [6.45, 7) is 10.2. The Morgan fingerprint density at radius 1 is 1.00 bits per heavy atom. The molecule has 0 spiro atoms. The van der Waals surface area contributed by atoms with Gasteiger partial charge in [0.05, 0.1) is 5.69 Å². The number of aryl methyl sites for hydroxylation is 2. The molecule has 2 aromatic carbocycles. The average Bonchev–Trinajstić information content (AvgIpc) is 3.25. The van der Waals surface area contributed by atoms with Gasteiger partial charge in [-0.3, -0.25) is 4.79 Å². The number of nitrogen functional groups attached to an aromatic ring is 1. The van der Waals surface area contributed by atoms with Gasteiger partial charge in [-0.05, 0) is 80.8 Å². The molecule has 1 aliphatic rings. The third kappa shape index (κ3) is 6.79. The largest absolute Gasteiger partial charge is 0.489 e. The van der Waals surface area contributed by atoms with Crippen LogP contribution in [0, 0.1) is 19.8 Å². The number of rotatable bonds is 9. The van der Waals surface area contributed by atoms with Crippen molar-refractivity contribution in [2.24, 2.45) is 11.7 Å². The first kappa shape index (κ1) is 28.6. The van der Waals surface area contributed by atoms with Crippen LogP contribution in [0.3, 0.4) is 0 Å². The Kier molecular flexibility index (Phi) is 9.06. The van der Waals surface area contributed by atoms with Gasteiger partial charge in [0.2, 0.25) is 0 Å². The summed E-state index contributed by atoms with van der Waals surface area (Å²) in [7, 11) is 2.09. The van der Waals surface area contributed by atoms with E-state index in [0.29, 0.717) is 41.2 Å². The smallest absolute Gasteiger partial charge is 0.267 e. The van der Waals surface area contributed by atoms with Crippen LogP contribution in [0.1, 0.15) is 46.9 Å². The standard InChI is InChI=1S/C29H32N6O3.C2H6/c1-18-8-25(37-17-21-12-32-19(2)33-13-21)11-26(9-18)38-24-6-4-23(5-7-24)35-16-22(10-20-14-34(3)15-20)27(30)28(35)29(31)36;1-2/h4-9,11-13,16,20H,10,14-15,17,30H2,1-3H3,(H2,31,36);1-2H3. The van der Waals surface area contributed by atoms with E-state index in [0.717, 1.165) is 47.7 Å². The highest BCUT2D eigenvalue weighted by Crippen LogP contribution is 2.31. The van der Waals surface area contributed by atoms with Crippen LogP contribution in [0.25, 0.3) is 5.69 Å².